The van der Waals surface area contributed by atoms with Gasteiger partial charge in [0.25, 0.3) is 0 Å². The first kappa shape index (κ1) is 21.2. The van der Waals surface area contributed by atoms with E-state index in [1.54, 1.807) is 0 Å². The number of nitrogens with zero attached hydrogens (tertiary/aromatic N) is 6. The summed E-state index contributed by atoms with van der Waals surface area (Å²) >= 11 is 0. The van der Waals surface area contributed by atoms with Crippen LogP contribution in [0.5, 0.6) is 0 Å². The molecule has 9 nitrogen and oxygen atoms in total. The third-order valence-electron chi connectivity index (χ3n) is 6.96. The van der Waals surface area contributed by atoms with Crippen LogP contribution in [0.4, 0.5) is 5.82 Å². The zero-order valence-corrected chi connectivity index (χ0v) is 19.9. The average molecular weight is 459 g/mol. The van der Waals surface area contributed by atoms with E-state index >= 15 is 0 Å². The van der Waals surface area contributed by atoms with Gasteiger partial charge in [-0.05, 0) is 71.0 Å². The third-order valence-corrected chi connectivity index (χ3v) is 6.96. The summed E-state index contributed by atoms with van der Waals surface area (Å²) in [5.41, 5.74) is 10.5. The van der Waals surface area contributed by atoms with Crippen LogP contribution < -0.4 is 11.1 Å². The van der Waals surface area contributed by atoms with Crippen LogP contribution in [0.2, 0.25) is 0 Å². The SMILES string of the molecule is CC(C)(C)n1cc(-c2noc(C3CC3)c2-c2ncc(C3CCNCC3)cn2)c2c(N)ncnc21. The Kier molecular flexibility index (Phi) is 4.91. The second-order valence-corrected chi connectivity index (χ2v) is 10.5. The van der Waals surface area contributed by atoms with E-state index in [1.165, 1.54) is 11.9 Å². The molecule has 1 saturated carbocycles. The topological polar surface area (TPSA) is 121 Å². The zero-order chi connectivity index (χ0) is 23.4. The van der Waals surface area contributed by atoms with E-state index in [4.69, 9.17) is 20.2 Å². The van der Waals surface area contributed by atoms with Gasteiger partial charge in [0.1, 0.15) is 23.5 Å². The summed E-state index contributed by atoms with van der Waals surface area (Å²) in [6, 6.07) is 0. The summed E-state index contributed by atoms with van der Waals surface area (Å²) in [4.78, 5) is 18.4. The Balaban J connectivity index is 1.51. The lowest BCUT2D eigenvalue weighted by Crippen LogP contribution is -2.26. The minimum atomic E-state index is -0.201. The molecule has 3 N–H and O–H groups in total. The lowest BCUT2D eigenvalue weighted by atomic mass is 9.92. The van der Waals surface area contributed by atoms with E-state index in [9.17, 15) is 0 Å². The fourth-order valence-corrected chi connectivity index (χ4v) is 4.94. The van der Waals surface area contributed by atoms with Gasteiger partial charge in [-0.3, -0.25) is 0 Å². The molecule has 1 saturated heterocycles. The summed E-state index contributed by atoms with van der Waals surface area (Å²) in [6.45, 7) is 8.48. The predicted molar refractivity (Wildman–Crippen MR) is 130 cm³/mol. The lowest BCUT2D eigenvalue weighted by molar-refractivity contribution is 0.386. The molecule has 0 amide bonds. The highest BCUT2D eigenvalue weighted by molar-refractivity contribution is 6.02. The molecule has 176 valence electrons. The molecule has 4 aromatic rings. The number of rotatable bonds is 4. The van der Waals surface area contributed by atoms with Gasteiger partial charge in [0.05, 0.1) is 10.9 Å². The van der Waals surface area contributed by atoms with E-state index in [1.807, 2.05) is 12.4 Å². The van der Waals surface area contributed by atoms with Gasteiger partial charge in [0, 0.05) is 35.6 Å². The Morgan fingerprint density at radius 1 is 1.00 bits per heavy atom. The minimum Gasteiger partial charge on any atom is -0.383 e. The number of nitrogen functional groups attached to an aromatic ring is 1. The van der Waals surface area contributed by atoms with Crippen molar-refractivity contribution in [1.82, 2.24) is 35.0 Å². The maximum atomic E-state index is 6.36. The first-order valence-corrected chi connectivity index (χ1v) is 12.1. The van der Waals surface area contributed by atoms with Gasteiger partial charge >= 0.3 is 0 Å². The molecule has 2 aliphatic rings. The Bertz CT molecular complexity index is 1340. The summed E-state index contributed by atoms with van der Waals surface area (Å²) < 4.78 is 8.05. The van der Waals surface area contributed by atoms with Crippen LogP contribution in [0.1, 0.15) is 69.6 Å². The molecule has 0 bridgehead atoms. The predicted octanol–water partition coefficient (Wildman–Crippen LogP) is 4.22. The molecule has 1 aliphatic carbocycles. The standard InChI is InChI=1S/C25H30N8O/c1-25(2,3)33-12-17(18-22(26)30-13-31-24(18)33)20-19(21(34-32-20)15-4-5-15)23-28-10-16(11-29-23)14-6-8-27-9-7-14/h10-15,27H,4-9H2,1-3H3,(H2,26,30,31). The molecule has 9 heteroatoms. The van der Waals surface area contributed by atoms with Gasteiger partial charge in [-0.15, -0.1) is 0 Å². The van der Waals surface area contributed by atoms with Crippen LogP contribution in [0, 0.1) is 0 Å². The molecule has 0 unspecified atom stereocenters. The van der Waals surface area contributed by atoms with Gasteiger partial charge < -0.3 is 20.1 Å². The molecule has 2 fully saturated rings. The highest BCUT2D eigenvalue weighted by Crippen LogP contribution is 2.48. The molecule has 5 heterocycles. The van der Waals surface area contributed by atoms with Gasteiger partial charge in [0.2, 0.25) is 0 Å². The van der Waals surface area contributed by atoms with Crippen LogP contribution in [0.25, 0.3) is 33.7 Å². The number of nitrogens with one attached hydrogen (secondary N) is 1. The van der Waals surface area contributed by atoms with Gasteiger partial charge in [0.15, 0.2) is 11.6 Å². The zero-order valence-electron chi connectivity index (χ0n) is 19.9. The molecule has 0 aromatic carbocycles. The number of fused-ring (bicyclic) bond motifs is 1. The average Bonchev–Trinajstić information content (AvgIpc) is 3.45. The number of hydrogen-bond acceptors (Lipinski definition) is 8. The van der Waals surface area contributed by atoms with E-state index in [0.29, 0.717) is 29.2 Å². The largest absolute Gasteiger partial charge is 0.383 e. The number of anilines is 1. The summed E-state index contributed by atoms with van der Waals surface area (Å²) in [7, 11) is 0. The van der Waals surface area contributed by atoms with Crippen molar-refractivity contribution in [3.05, 3.63) is 36.2 Å². The maximum Gasteiger partial charge on any atom is 0.165 e. The highest BCUT2D eigenvalue weighted by atomic mass is 16.5. The van der Waals surface area contributed by atoms with Gasteiger partial charge in [-0.2, -0.15) is 0 Å². The number of nitrogens with two attached hydrogens (primary N) is 1. The van der Waals surface area contributed by atoms with Crippen molar-refractivity contribution in [2.75, 3.05) is 18.8 Å². The normalized spacial score (nSPS) is 17.5. The lowest BCUT2D eigenvalue weighted by Gasteiger charge is -2.22. The molecule has 0 radical (unpaired) electrons. The van der Waals surface area contributed by atoms with Crippen LogP contribution >= 0.6 is 0 Å². The molecular weight excluding hydrogens is 428 g/mol. The molecule has 34 heavy (non-hydrogen) atoms. The van der Waals surface area contributed by atoms with Crippen molar-refractivity contribution in [2.45, 2.75) is 63.8 Å². The maximum absolute atomic E-state index is 6.36. The van der Waals surface area contributed by atoms with Crippen LogP contribution in [0.3, 0.4) is 0 Å². The van der Waals surface area contributed by atoms with E-state index in [2.05, 4.69) is 52.0 Å². The Hall–Kier alpha value is -3.33. The number of aromatic nitrogens is 6. The Morgan fingerprint density at radius 2 is 1.74 bits per heavy atom. The molecule has 0 atom stereocenters. The Labute approximate surface area is 198 Å². The van der Waals surface area contributed by atoms with Crippen molar-refractivity contribution < 1.29 is 4.52 Å². The second-order valence-electron chi connectivity index (χ2n) is 10.5. The monoisotopic (exact) mass is 458 g/mol. The van der Waals surface area contributed by atoms with Crippen molar-refractivity contribution in [3.8, 4) is 22.6 Å². The molecule has 6 rings (SSSR count). The van der Waals surface area contributed by atoms with Crippen LogP contribution in [0.15, 0.2) is 29.4 Å². The van der Waals surface area contributed by atoms with E-state index < -0.39 is 0 Å². The van der Waals surface area contributed by atoms with Gasteiger partial charge in [-0.1, -0.05) is 5.16 Å². The summed E-state index contributed by atoms with van der Waals surface area (Å²) in [5, 5.41) is 8.73. The van der Waals surface area contributed by atoms with Gasteiger partial charge in [-0.25, -0.2) is 19.9 Å². The fourth-order valence-electron chi connectivity index (χ4n) is 4.94. The first-order chi connectivity index (χ1) is 16.4. The van der Waals surface area contributed by atoms with E-state index in [-0.39, 0.29) is 5.54 Å². The highest BCUT2D eigenvalue weighted by Gasteiger charge is 2.36. The molecule has 0 spiro atoms. The smallest absolute Gasteiger partial charge is 0.165 e. The Morgan fingerprint density at radius 3 is 2.41 bits per heavy atom. The van der Waals surface area contributed by atoms with Crippen molar-refractivity contribution in [3.63, 3.8) is 0 Å². The molecular formula is C25H30N8O. The summed E-state index contributed by atoms with van der Waals surface area (Å²) in [6.07, 6.45) is 11.9. The minimum absolute atomic E-state index is 0.201. The first-order valence-electron chi connectivity index (χ1n) is 12.1. The van der Waals surface area contributed by atoms with Crippen LogP contribution in [-0.4, -0.2) is 42.7 Å². The van der Waals surface area contributed by atoms with E-state index in [0.717, 1.165) is 66.7 Å². The summed E-state index contributed by atoms with van der Waals surface area (Å²) in [5.74, 6) is 2.78. The molecule has 1 aliphatic heterocycles. The van der Waals surface area contributed by atoms with Crippen molar-refractivity contribution in [1.29, 1.82) is 0 Å². The van der Waals surface area contributed by atoms with Crippen molar-refractivity contribution in [2.24, 2.45) is 0 Å². The third kappa shape index (κ3) is 3.55. The number of hydrogen-bond donors (Lipinski definition) is 2. The van der Waals surface area contributed by atoms with Crippen LogP contribution in [-0.2, 0) is 5.54 Å². The number of piperidine rings is 1. The second kappa shape index (κ2) is 7.87. The fraction of sp³-hybridized carbons (Fsp3) is 0.480. The molecule has 4 aromatic heterocycles. The van der Waals surface area contributed by atoms with Crippen molar-refractivity contribution >= 4 is 16.9 Å². The quantitative estimate of drug-likeness (QED) is 0.466.